The fourth-order valence-corrected chi connectivity index (χ4v) is 2.82. The Bertz CT molecular complexity index is 652. The minimum Gasteiger partial charge on any atom is -0.543 e. The van der Waals surface area contributed by atoms with Gasteiger partial charge in [0.2, 0.25) is 0 Å². The molecule has 2 heterocycles. The maximum Gasteiger partial charge on any atom is 1.00 e. The molecular weight excluding hydrogens is 347 g/mol. The molecular formula is C17H23N4NaO4. The molecule has 0 aromatic carbocycles. The van der Waals surface area contributed by atoms with Crippen molar-refractivity contribution < 1.29 is 49.0 Å². The number of hydrogen-bond acceptors (Lipinski definition) is 7. The van der Waals surface area contributed by atoms with Gasteiger partial charge in [-0.05, 0) is 33.6 Å². The van der Waals surface area contributed by atoms with E-state index < -0.39 is 11.6 Å². The summed E-state index contributed by atoms with van der Waals surface area (Å²) in [5.41, 5.74) is -0.669. The molecule has 9 heteroatoms. The summed E-state index contributed by atoms with van der Waals surface area (Å²) in [4.78, 5) is 34.9. The van der Waals surface area contributed by atoms with Crippen LogP contribution in [0.2, 0.25) is 0 Å². The topological polar surface area (TPSA) is 98.7 Å². The molecule has 0 spiro atoms. The second kappa shape index (κ2) is 8.10. The van der Waals surface area contributed by atoms with E-state index in [4.69, 9.17) is 4.74 Å². The first-order chi connectivity index (χ1) is 11.7. The van der Waals surface area contributed by atoms with Gasteiger partial charge < -0.3 is 24.4 Å². The molecule has 1 amide bonds. The van der Waals surface area contributed by atoms with Crippen LogP contribution in [0.25, 0.3) is 0 Å². The Morgan fingerprint density at radius 1 is 1.27 bits per heavy atom. The molecule has 0 atom stereocenters. The predicted octanol–water partition coefficient (Wildman–Crippen LogP) is -2.32. The van der Waals surface area contributed by atoms with Crippen molar-refractivity contribution in [1.82, 2.24) is 14.9 Å². The summed E-state index contributed by atoms with van der Waals surface area (Å²) >= 11 is 0. The van der Waals surface area contributed by atoms with Gasteiger partial charge in [-0.15, -0.1) is 0 Å². The van der Waals surface area contributed by atoms with Crippen LogP contribution in [0.1, 0.15) is 44.1 Å². The second-order valence-electron chi connectivity index (χ2n) is 7.68. The maximum absolute atomic E-state index is 12.4. The molecule has 1 aromatic rings. The molecule has 26 heavy (non-hydrogen) atoms. The minimum absolute atomic E-state index is 0. The molecule has 2 aliphatic rings. The summed E-state index contributed by atoms with van der Waals surface area (Å²) in [6.07, 6.45) is 4.47. The first-order valence-corrected chi connectivity index (χ1v) is 8.51. The molecule has 1 aliphatic heterocycles. The third-order valence-corrected chi connectivity index (χ3v) is 4.20. The van der Waals surface area contributed by atoms with Crippen LogP contribution in [-0.2, 0) is 4.74 Å². The molecule has 0 radical (unpaired) electrons. The van der Waals surface area contributed by atoms with Crippen LogP contribution in [0.5, 0.6) is 0 Å². The Hall–Kier alpha value is -1.38. The van der Waals surface area contributed by atoms with E-state index in [-0.39, 0.29) is 41.3 Å². The Balaban J connectivity index is 0.00000243. The van der Waals surface area contributed by atoms with E-state index >= 15 is 0 Å². The Morgan fingerprint density at radius 3 is 2.38 bits per heavy atom. The van der Waals surface area contributed by atoms with Crippen molar-refractivity contribution in [2.75, 3.05) is 24.5 Å². The Morgan fingerprint density at radius 2 is 1.92 bits per heavy atom. The zero-order valence-electron chi connectivity index (χ0n) is 15.8. The van der Waals surface area contributed by atoms with Crippen LogP contribution in [0.3, 0.4) is 0 Å². The average molecular weight is 370 g/mol. The van der Waals surface area contributed by atoms with Gasteiger partial charge in [-0.2, -0.15) is 0 Å². The fraction of sp³-hybridized carbons (Fsp3) is 0.647. The number of carboxylic acid groups (broad SMARTS) is 1. The number of amides is 1. The molecule has 136 valence electrons. The van der Waals surface area contributed by atoms with E-state index in [0.717, 1.165) is 25.9 Å². The summed E-state index contributed by atoms with van der Waals surface area (Å²) < 4.78 is 5.51. The first-order valence-electron chi connectivity index (χ1n) is 8.51. The molecule has 8 nitrogen and oxygen atoms in total. The molecule has 0 bridgehead atoms. The van der Waals surface area contributed by atoms with Gasteiger partial charge in [0.1, 0.15) is 17.1 Å². The monoisotopic (exact) mass is 370 g/mol. The van der Waals surface area contributed by atoms with E-state index in [1.807, 2.05) is 30.6 Å². The number of carbonyl (C=O) groups is 2. The number of ether oxygens (including phenoxy) is 1. The molecule has 0 unspecified atom stereocenters. The van der Waals surface area contributed by atoms with Crippen molar-refractivity contribution >= 4 is 17.9 Å². The standard InChI is InChI=1S/C17H24N4O4.Na/c1-17(2,3)25-16(24)21(12-4-5-12)10-11-8-20(9-11)14-7-18-13(6-19-14)15(22)23;/h6-7,11-12H,4-5,8-10H2,1-3H3,(H,22,23);/q;+1/p-1. The summed E-state index contributed by atoms with van der Waals surface area (Å²) in [5, 5.41) is 10.7. The number of rotatable bonds is 5. The van der Waals surface area contributed by atoms with Crippen LogP contribution in [0.4, 0.5) is 10.6 Å². The van der Waals surface area contributed by atoms with Crippen molar-refractivity contribution in [3.8, 4) is 0 Å². The van der Waals surface area contributed by atoms with Gasteiger partial charge in [-0.1, -0.05) is 0 Å². The number of carbonyl (C=O) groups excluding carboxylic acids is 2. The van der Waals surface area contributed by atoms with Crippen molar-refractivity contribution in [3.05, 3.63) is 18.1 Å². The number of aromatic carboxylic acids is 1. The van der Waals surface area contributed by atoms with Gasteiger partial charge in [0, 0.05) is 31.6 Å². The number of aromatic nitrogens is 2. The smallest absolute Gasteiger partial charge is 0.543 e. The molecule has 1 saturated heterocycles. The Labute approximate surface area is 175 Å². The number of carboxylic acids is 1. The zero-order chi connectivity index (χ0) is 18.2. The third kappa shape index (κ3) is 5.31. The van der Waals surface area contributed by atoms with E-state index in [9.17, 15) is 14.7 Å². The van der Waals surface area contributed by atoms with E-state index in [0.29, 0.717) is 24.3 Å². The number of anilines is 1. The fourth-order valence-electron chi connectivity index (χ4n) is 2.82. The molecule has 3 rings (SSSR count). The molecule has 1 aliphatic carbocycles. The van der Waals surface area contributed by atoms with Crippen LogP contribution < -0.4 is 39.6 Å². The first kappa shape index (κ1) is 20.9. The van der Waals surface area contributed by atoms with Crippen molar-refractivity contribution in [2.24, 2.45) is 5.92 Å². The molecule has 1 aromatic heterocycles. The van der Waals surface area contributed by atoms with Crippen LogP contribution in [0, 0.1) is 5.92 Å². The van der Waals surface area contributed by atoms with Crippen LogP contribution >= 0.6 is 0 Å². The van der Waals surface area contributed by atoms with Crippen molar-refractivity contribution in [3.63, 3.8) is 0 Å². The maximum atomic E-state index is 12.4. The average Bonchev–Trinajstić information content (AvgIpc) is 3.29. The quantitative estimate of drug-likeness (QED) is 0.537. The SMILES string of the molecule is CC(C)(C)OC(=O)N(CC1CN(c2cnc(C(=O)[O-])cn2)C1)C1CC1.[Na+]. The van der Waals surface area contributed by atoms with E-state index in [1.165, 1.54) is 12.4 Å². The normalized spacial score (nSPS) is 17.1. The van der Waals surface area contributed by atoms with Gasteiger partial charge in [0.15, 0.2) is 0 Å². The number of nitrogens with zero attached hydrogens (tertiary/aromatic N) is 4. The number of hydrogen-bond donors (Lipinski definition) is 0. The summed E-state index contributed by atoms with van der Waals surface area (Å²) in [5.74, 6) is -0.356. The van der Waals surface area contributed by atoms with Crippen LogP contribution in [-0.4, -0.2) is 58.2 Å². The van der Waals surface area contributed by atoms with Crippen LogP contribution in [0.15, 0.2) is 12.4 Å². The zero-order valence-corrected chi connectivity index (χ0v) is 17.8. The van der Waals surface area contributed by atoms with Gasteiger partial charge in [0.25, 0.3) is 0 Å². The van der Waals surface area contributed by atoms with E-state index in [2.05, 4.69) is 9.97 Å². The van der Waals surface area contributed by atoms with E-state index in [1.54, 1.807) is 0 Å². The minimum atomic E-state index is -1.34. The summed E-state index contributed by atoms with van der Waals surface area (Å²) in [7, 11) is 0. The van der Waals surface area contributed by atoms with Gasteiger partial charge in [-0.25, -0.2) is 14.8 Å². The largest absolute Gasteiger partial charge is 1.00 e. The molecule has 2 fully saturated rings. The molecule has 1 saturated carbocycles. The van der Waals surface area contributed by atoms with Gasteiger partial charge in [0.05, 0.1) is 18.4 Å². The Kier molecular flexibility index (Phi) is 6.52. The van der Waals surface area contributed by atoms with Gasteiger partial charge in [-0.3, -0.25) is 0 Å². The summed E-state index contributed by atoms with van der Waals surface area (Å²) in [6.45, 7) is 7.79. The molecule has 0 N–H and O–H groups in total. The summed E-state index contributed by atoms with van der Waals surface area (Å²) in [6, 6.07) is 0.297. The van der Waals surface area contributed by atoms with Crippen molar-refractivity contribution in [1.29, 1.82) is 0 Å². The predicted molar refractivity (Wildman–Crippen MR) is 88.0 cm³/mol. The second-order valence-corrected chi connectivity index (χ2v) is 7.68. The van der Waals surface area contributed by atoms with Crippen molar-refractivity contribution in [2.45, 2.75) is 45.3 Å². The van der Waals surface area contributed by atoms with Gasteiger partial charge >= 0.3 is 35.7 Å². The third-order valence-electron chi connectivity index (χ3n) is 4.20.